The molecule has 126 valence electrons. The van der Waals surface area contributed by atoms with Crippen LogP contribution < -0.4 is 5.32 Å². The fourth-order valence-corrected chi connectivity index (χ4v) is 2.24. The van der Waals surface area contributed by atoms with Gasteiger partial charge in [0.15, 0.2) is 0 Å². The minimum Gasteiger partial charge on any atom is -0.480 e. The molecule has 0 radical (unpaired) electrons. The molecule has 0 aliphatic carbocycles. The van der Waals surface area contributed by atoms with Gasteiger partial charge >= 0.3 is 12.1 Å². The average molecular weight is 330 g/mol. The molecule has 0 saturated carbocycles. The molecule has 2 rings (SSSR count). The SMILES string of the molecule is Cc1cc2c(NC(CC(C)C)C(=O)O)nc(C(F)(F)F)nc2[nH]1. The maximum Gasteiger partial charge on any atom is 0.451 e. The molecule has 0 spiro atoms. The molecule has 0 amide bonds. The normalized spacial score (nSPS) is 13.5. The zero-order valence-corrected chi connectivity index (χ0v) is 12.8. The number of aliphatic carboxylic acids is 1. The number of nitrogens with one attached hydrogen (secondary N) is 2. The van der Waals surface area contributed by atoms with E-state index in [-0.39, 0.29) is 23.8 Å². The summed E-state index contributed by atoms with van der Waals surface area (Å²) in [5.74, 6) is -2.55. The highest BCUT2D eigenvalue weighted by Gasteiger charge is 2.36. The molecule has 0 aliphatic heterocycles. The monoisotopic (exact) mass is 330 g/mol. The highest BCUT2D eigenvalue weighted by atomic mass is 19.4. The number of aromatic amines is 1. The van der Waals surface area contributed by atoms with E-state index in [9.17, 15) is 23.1 Å². The van der Waals surface area contributed by atoms with Crippen molar-refractivity contribution >= 4 is 22.8 Å². The van der Waals surface area contributed by atoms with Crippen LogP contribution in [0.15, 0.2) is 6.07 Å². The molecule has 2 aromatic rings. The number of H-pyrrole nitrogens is 1. The van der Waals surface area contributed by atoms with Gasteiger partial charge < -0.3 is 15.4 Å². The van der Waals surface area contributed by atoms with Gasteiger partial charge in [0.05, 0.1) is 5.39 Å². The van der Waals surface area contributed by atoms with Gasteiger partial charge in [0, 0.05) is 5.69 Å². The Labute approximate surface area is 130 Å². The predicted octanol–water partition coefficient (Wildman–Crippen LogP) is 3.20. The molecule has 0 aromatic carbocycles. The fraction of sp³-hybridized carbons (Fsp3) is 0.500. The van der Waals surface area contributed by atoms with Gasteiger partial charge in [0.25, 0.3) is 0 Å². The molecule has 6 nitrogen and oxygen atoms in total. The van der Waals surface area contributed by atoms with Crippen LogP contribution in [0.1, 0.15) is 31.8 Å². The lowest BCUT2D eigenvalue weighted by atomic mass is 10.0. The summed E-state index contributed by atoms with van der Waals surface area (Å²) in [7, 11) is 0. The first kappa shape index (κ1) is 17.0. The molecule has 0 fully saturated rings. The van der Waals surface area contributed by atoms with E-state index in [0.29, 0.717) is 11.1 Å². The summed E-state index contributed by atoms with van der Waals surface area (Å²) in [5.41, 5.74) is 0.619. The Kier molecular flexibility index (Phi) is 4.49. The third-order valence-electron chi connectivity index (χ3n) is 3.19. The van der Waals surface area contributed by atoms with E-state index >= 15 is 0 Å². The van der Waals surface area contributed by atoms with Gasteiger partial charge in [-0.05, 0) is 25.3 Å². The molecule has 0 aliphatic rings. The summed E-state index contributed by atoms with van der Waals surface area (Å²) in [5, 5.41) is 12.2. The molecular formula is C14H17F3N4O2. The van der Waals surface area contributed by atoms with Gasteiger partial charge in [-0.25, -0.2) is 14.8 Å². The Morgan fingerprint density at radius 1 is 1.39 bits per heavy atom. The maximum atomic E-state index is 12.9. The molecule has 1 atom stereocenters. The third kappa shape index (κ3) is 3.91. The fourth-order valence-electron chi connectivity index (χ4n) is 2.24. The number of nitrogens with zero attached hydrogens (tertiary/aromatic N) is 2. The number of alkyl halides is 3. The minimum atomic E-state index is -4.72. The second-order valence-electron chi connectivity index (χ2n) is 5.77. The summed E-state index contributed by atoms with van der Waals surface area (Å²) in [4.78, 5) is 21.0. The lowest BCUT2D eigenvalue weighted by Gasteiger charge is -2.18. The predicted molar refractivity (Wildman–Crippen MR) is 78.1 cm³/mol. The number of aromatic nitrogens is 3. The Bertz CT molecular complexity index is 725. The molecule has 23 heavy (non-hydrogen) atoms. The second kappa shape index (κ2) is 6.05. The van der Waals surface area contributed by atoms with Crippen molar-refractivity contribution < 1.29 is 23.1 Å². The first-order valence-corrected chi connectivity index (χ1v) is 7.02. The van der Waals surface area contributed by atoms with Gasteiger partial charge in [0.1, 0.15) is 17.5 Å². The van der Waals surface area contributed by atoms with Crippen molar-refractivity contribution in [2.75, 3.05) is 5.32 Å². The number of aryl methyl sites for hydroxylation is 1. The summed E-state index contributed by atoms with van der Waals surface area (Å²) in [6.45, 7) is 5.32. The zero-order chi connectivity index (χ0) is 17.4. The van der Waals surface area contributed by atoms with Crippen LogP contribution in [0.3, 0.4) is 0 Å². The molecule has 1 unspecified atom stereocenters. The number of anilines is 1. The van der Waals surface area contributed by atoms with Crippen LogP contribution in [0.2, 0.25) is 0 Å². The molecule has 3 N–H and O–H groups in total. The highest BCUT2D eigenvalue weighted by Crippen LogP contribution is 2.31. The van der Waals surface area contributed by atoms with Crippen molar-refractivity contribution in [1.29, 1.82) is 0 Å². The zero-order valence-electron chi connectivity index (χ0n) is 12.8. The van der Waals surface area contributed by atoms with E-state index in [0.717, 1.165) is 0 Å². The van der Waals surface area contributed by atoms with Crippen LogP contribution >= 0.6 is 0 Å². The lowest BCUT2D eigenvalue weighted by Crippen LogP contribution is -2.31. The average Bonchev–Trinajstić information content (AvgIpc) is 2.76. The Hall–Kier alpha value is -2.32. The largest absolute Gasteiger partial charge is 0.480 e. The van der Waals surface area contributed by atoms with Crippen molar-refractivity contribution in [2.24, 2.45) is 5.92 Å². The molecule has 2 heterocycles. The van der Waals surface area contributed by atoms with E-state index in [1.165, 1.54) is 0 Å². The van der Waals surface area contributed by atoms with Gasteiger partial charge in [-0.1, -0.05) is 13.8 Å². The Morgan fingerprint density at radius 2 is 2.04 bits per heavy atom. The van der Waals surface area contributed by atoms with Crippen LogP contribution in [-0.2, 0) is 11.0 Å². The molecule has 0 saturated heterocycles. The molecule has 0 bridgehead atoms. The van der Waals surface area contributed by atoms with E-state index in [1.807, 2.05) is 13.8 Å². The van der Waals surface area contributed by atoms with Crippen LogP contribution in [0, 0.1) is 12.8 Å². The number of hydrogen-bond acceptors (Lipinski definition) is 4. The number of rotatable bonds is 5. The standard InChI is InChI=1S/C14H17F3N4O2/c1-6(2)4-9(12(22)23)19-11-8-5-7(3)18-10(8)20-13(21-11)14(15,16)17/h5-6,9H,4H2,1-3H3,(H,22,23)(H2,18,19,20,21). The summed E-state index contributed by atoms with van der Waals surface area (Å²) < 4.78 is 38.8. The number of carbonyl (C=O) groups is 1. The first-order chi connectivity index (χ1) is 10.6. The maximum absolute atomic E-state index is 12.9. The van der Waals surface area contributed by atoms with Crippen molar-refractivity contribution in [1.82, 2.24) is 15.0 Å². The first-order valence-electron chi connectivity index (χ1n) is 7.02. The van der Waals surface area contributed by atoms with Gasteiger partial charge in [0.2, 0.25) is 5.82 Å². The molecular weight excluding hydrogens is 313 g/mol. The minimum absolute atomic E-state index is 0.0148. The Morgan fingerprint density at radius 3 is 2.57 bits per heavy atom. The van der Waals surface area contributed by atoms with Crippen LogP contribution in [0.5, 0.6) is 0 Å². The molecule has 2 aromatic heterocycles. The molecule has 9 heteroatoms. The quantitative estimate of drug-likeness (QED) is 0.783. The number of carboxylic acids is 1. The Balaban J connectivity index is 2.50. The summed E-state index contributed by atoms with van der Waals surface area (Å²) >= 11 is 0. The smallest absolute Gasteiger partial charge is 0.451 e. The van der Waals surface area contributed by atoms with Crippen molar-refractivity contribution in [2.45, 2.75) is 39.4 Å². The van der Waals surface area contributed by atoms with E-state index < -0.39 is 24.0 Å². The summed E-state index contributed by atoms with van der Waals surface area (Å²) in [6.07, 6.45) is -4.47. The van der Waals surface area contributed by atoms with E-state index in [1.54, 1.807) is 13.0 Å². The number of hydrogen-bond donors (Lipinski definition) is 3. The van der Waals surface area contributed by atoms with E-state index in [4.69, 9.17) is 0 Å². The van der Waals surface area contributed by atoms with Crippen molar-refractivity contribution in [3.63, 3.8) is 0 Å². The number of halogens is 3. The van der Waals surface area contributed by atoms with Crippen molar-refractivity contribution in [3.05, 3.63) is 17.6 Å². The lowest BCUT2D eigenvalue weighted by molar-refractivity contribution is -0.144. The van der Waals surface area contributed by atoms with Crippen LogP contribution in [0.25, 0.3) is 11.0 Å². The third-order valence-corrected chi connectivity index (χ3v) is 3.19. The van der Waals surface area contributed by atoms with Gasteiger partial charge in [-0.3, -0.25) is 0 Å². The van der Waals surface area contributed by atoms with Gasteiger partial charge in [-0.2, -0.15) is 13.2 Å². The van der Waals surface area contributed by atoms with Crippen LogP contribution in [0.4, 0.5) is 19.0 Å². The number of carboxylic acid groups (broad SMARTS) is 1. The highest BCUT2D eigenvalue weighted by molar-refractivity contribution is 5.90. The topological polar surface area (TPSA) is 90.9 Å². The van der Waals surface area contributed by atoms with Crippen molar-refractivity contribution in [3.8, 4) is 0 Å². The summed E-state index contributed by atoms with van der Waals surface area (Å²) in [6, 6.07) is 0.538. The van der Waals surface area contributed by atoms with Gasteiger partial charge in [-0.15, -0.1) is 0 Å². The number of fused-ring (bicyclic) bond motifs is 1. The van der Waals surface area contributed by atoms with E-state index in [2.05, 4.69) is 20.3 Å². The second-order valence-corrected chi connectivity index (χ2v) is 5.77. The van der Waals surface area contributed by atoms with Crippen LogP contribution in [-0.4, -0.2) is 32.1 Å².